The number of hydrogen-bond acceptors (Lipinski definition) is 5. The van der Waals surface area contributed by atoms with Crippen molar-refractivity contribution >= 4 is 23.2 Å². The summed E-state index contributed by atoms with van der Waals surface area (Å²) >= 11 is 5.89. The molecule has 3 heterocycles. The van der Waals surface area contributed by atoms with E-state index in [1.54, 1.807) is 12.1 Å². The van der Waals surface area contributed by atoms with Gasteiger partial charge in [-0.2, -0.15) is 5.10 Å². The molecule has 164 valence electrons. The van der Waals surface area contributed by atoms with Gasteiger partial charge in [0.1, 0.15) is 5.60 Å². The number of carbonyl (C=O) groups is 1. The van der Waals surface area contributed by atoms with Crippen molar-refractivity contribution in [3.63, 3.8) is 0 Å². The Kier molecular flexibility index (Phi) is 5.52. The molecule has 3 aliphatic heterocycles. The molecule has 1 aromatic rings. The molecule has 1 amide bonds. The molecule has 0 unspecified atom stereocenters. The van der Waals surface area contributed by atoms with Crippen molar-refractivity contribution in [1.82, 2.24) is 9.91 Å². The molecule has 30 heavy (non-hydrogen) atoms. The maximum absolute atomic E-state index is 13.4. The zero-order chi connectivity index (χ0) is 21.7. The van der Waals surface area contributed by atoms with Gasteiger partial charge in [0, 0.05) is 43.1 Å². The van der Waals surface area contributed by atoms with Gasteiger partial charge in [0.2, 0.25) is 0 Å². The summed E-state index contributed by atoms with van der Waals surface area (Å²) in [5, 5.41) is 6.68. The van der Waals surface area contributed by atoms with Crippen LogP contribution in [0.25, 0.3) is 0 Å². The topological polar surface area (TPSA) is 54.4 Å². The first-order valence-electron chi connectivity index (χ1n) is 10.8. The van der Waals surface area contributed by atoms with Crippen LogP contribution in [0.4, 0.5) is 0 Å². The Labute approximate surface area is 184 Å². The lowest BCUT2D eigenvalue weighted by Gasteiger charge is -2.35. The molecule has 0 radical (unpaired) electrons. The number of hydrazone groups is 1. The maximum atomic E-state index is 13.4. The molecular weight excluding hydrogens is 402 g/mol. The predicted octanol–water partition coefficient (Wildman–Crippen LogP) is 3.68. The van der Waals surface area contributed by atoms with Crippen molar-refractivity contribution in [2.24, 2.45) is 10.5 Å². The number of likely N-dealkylation sites (tertiary alicyclic amines) is 1. The summed E-state index contributed by atoms with van der Waals surface area (Å²) in [6.45, 7) is 10.9. The first-order valence-corrected chi connectivity index (χ1v) is 11.3. The number of halogens is 1. The molecule has 0 spiro atoms. The van der Waals surface area contributed by atoms with E-state index in [1.165, 1.54) is 0 Å². The molecular formula is C23H32ClN3O3. The summed E-state index contributed by atoms with van der Waals surface area (Å²) in [6.07, 6.45) is 2.60. The lowest BCUT2D eigenvalue weighted by Crippen LogP contribution is -2.46. The van der Waals surface area contributed by atoms with Gasteiger partial charge in [-0.3, -0.25) is 4.79 Å². The van der Waals surface area contributed by atoms with Crippen LogP contribution < -0.4 is 9.47 Å². The normalized spacial score (nSPS) is 23.3. The second-order valence-corrected chi connectivity index (χ2v) is 10.0. The highest BCUT2D eigenvalue weighted by molar-refractivity contribution is 6.20. The van der Waals surface area contributed by atoms with E-state index in [4.69, 9.17) is 26.2 Å². The Morgan fingerprint density at radius 1 is 1.23 bits per heavy atom. The Morgan fingerprint density at radius 2 is 1.93 bits per heavy atom. The van der Waals surface area contributed by atoms with Crippen LogP contribution in [0.2, 0.25) is 0 Å². The Morgan fingerprint density at radius 3 is 2.57 bits per heavy atom. The van der Waals surface area contributed by atoms with Gasteiger partial charge >= 0.3 is 0 Å². The average molecular weight is 434 g/mol. The molecule has 1 fully saturated rings. The number of carbonyl (C=O) groups excluding carboxylic acids is 1. The van der Waals surface area contributed by atoms with E-state index in [1.807, 2.05) is 26.0 Å². The van der Waals surface area contributed by atoms with E-state index in [0.29, 0.717) is 5.88 Å². The van der Waals surface area contributed by atoms with Crippen molar-refractivity contribution in [1.29, 1.82) is 0 Å². The number of nitrogens with zero attached hydrogens (tertiary/aromatic N) is 3. The van der Waals surface area contributed by atoms with Gasteiger partial charge in [-0.15, -0.1) is 11.6 Å². The van der Waals surface area contributed by atoms with E-state index in [2.05, 4.69) is 18.7 Å². The number of methoxy groups -OCH3 is 1. The van der Waals surface area contributed by atoms with Gasteiger partial charge in [0.05, 0.1) is 24.3 Å². The molecule has 0 N–H and O–H groups in total. The van der Waals surface area contributed by atoms with Crippen molar-refractivity contribution < 1.29 is 14.3 Å². The third-order valence-electron chi connectivity index (χ3n) is 6.53. The number of piperidine rings is 1. The lowest BCUT2D eigenvalue weighted by atomic mass is 9.80. The molecule has 1 aromatic carbocycles. The van der Waals surface area contributed by atoms with Gasteiger partial charge in [-0.05, 0) is 52.7 Å². The fraction of sp³-hybridized carbons (Fsp3) is 0.652. The second kappa shape index (κ2) is 7.72. The van der Waals surface area contributed by atoms with Gasteiger partial charge < -0.3 is 14.4 Å². The number of amides is 1. The van der Waals surface area contributed by atoms with Crippen LogP contribution in [0.3, 0.4) is 0 Å². The quantitative estimate of drug-likeness (QED) is 0.664. The van der Waals surface area contributed by atoms with Crippen molar-refractivity contribution in [3.8, 4) is 11.5 Å². The molecule has 0 aromatic heterocycles. The summed E-state index contributed by atoms with van der Waals surface area (Å²) in [7, 11) is 1.66. The number of rotatable bonds is 5. The molecule has 0 aliphatic carbocycles. The third-order valence-corrected chi connectivity index (χ3v) is 6.70. The van der Waals surface area contributed by atoms with Crippen LogP contribution in [-0.4, -0.2) is 65.8 Å². The van der Waals surface area contributed by atoms with Crippen LogP contribution in [0, 0.1) is 5.41 Å². The smallest absolute Gasteiger partial charge is 0.254 e. The number of hydrogen-bond donors (Lipinski definition) is 0. The fourth-order valence-corrected chi connectivity index (χ4v) is 5.06. The minimum Gasteiger partial charge on any atom is -0.493 e. The van der Waals surface area contributed by atoms with E-state index >= 15 is 0 Å². The highest BCUT2D eigenvalue weighted by Crippen LogP contribution is 2.46. The van der Waals surface area contributed by atoms with Crippen LogP contribution in [0.15, 0.2) is 17.2 Å². The summed E-state index contributed by atoms with van der Waals surface area (Å²) < 4.78 is 11.7. The SMILES string of the molecule is COc1ccc(C2=NN(C3CCN(CCCl)CC3)C(=O)C2(C)C)c2c1OC(C)(C)C2. The van der Waals surface area contributed by atoms with E-state index in [-0.39, 0.29) is 17.6 Å². The number of benzene rings is 1. The molecule has 0 bridgehead atoms. The Hall–Kier alpha value is -1.79. The molecule has 6 nitrogen and oxygen atoms in total. The summed E-state index contributed by atoms with van der Waals surface area (Å²) in [5.41, 5.74) is 1.92. The van der Waals surface area contributed by atoms with Gasteiger partial charge in [-0.25, -0.2) is 5.01 Å². The summed E-state index contributed by atoms with van der Waals surface area (Å²) in [6, 6.07) is 4.09. The molecule has 1 saturated heterocycles. The van der Waals surface area contributed by atoms with Gasteiger partial charge in [0.15, 0.2) is 11.5 Å². The largest absolute Gasteiger partial charge is 0.493 e. The lowest BCUT2D eigenvalue weighted by molar-refractivity contribution is -0.138. The summed E-state index contributed by atoms with van der Waals surface area (Å²) in [5.74, 6) is 2.23. The standard InChI is InChI=1S/C23H32ClN3O3/c1-22(2)14-17-16(6-7-18(29-5)19(17)30-22)20-23(3,4)21(28)27(25-20)15-8-11-26(12-9-15)13-10-24/h6-7,15H,8-14H2,1-5H3. The molecule has 4 rings (SSSR count). The minimum absolute atomic E-state index is 0.0797. The Bertz CT molecular complexity index is 873. The molecule has 0 atom stereocenters. The van der Waals surface area contributed by atoms with Crippen LogP contribution in [0.5, 0.6) is 11.5 Å². The van der Waals surface area contributed by atoms with Gasteiger partial charge in [-0.1, -0.05) is 0 Å². The van der Waals surface area contributed by atoms with Crippen molar-refractivity contribution in [2.45, 2.75) is 58.6 Å². The van der Waals surface area contributed by atoms with E-state index < -0.39 is 5.41 Å². The number of ether oxygens (including phenoxy) is 2. The first kappa shape index (κ1) is 21.4. The zero-order valence-electron chi connectivity index (χ0n) is 18.6. The molecule has 7 heteroatoms. The monoisotopic (exact) mass is 433 g/mol. The first-order chi connectivity index (χ1) is 14.2. The molecule has 0 saturated carbocycles. The number of fused-ring (bicyclic) bond motifs is 1. The summed E-state index contributed by atoms with van der Waals surface area (Å²) in [4.78, 5) is 15.7. The number of alkyl halides is 1. The average Bonchev–Trinajstić information content (AvgIpc) is 3.15. The Balaban J connectivity index is 1.67. The van der Waals surface area contributed by atoms with Crippen LogP contribution in [0.1, 0.15) is 51.7 Å². The highest BCUT2D eigenvalue weighted by Gasteiger charge is 2.48. The molecule has 3 aliphatic rings. The third kappa shape index (κ3) is 3.58. The van der Waals surface area contributed by atoms with Crippen LogP contribution in [-0.2, 0) is 11.2 Å². The highest BCUT2D eigenvalue weighted by atomic mass is 35.5. The minimum atomic E-state index is -0.678. The van der Waals surface area contributed by atoms with Crippen molar-refractivity contribution in [3.05, 3.63) is 23.3 Å². The van der Waals surface area contributed by atoms with Crippen LogP contribution >= 0.6 is 11.6 Å². The predicted molar refractivity (Wildman–Crippen MR) is 119 cm³/mol. The van der Waals surface area contributed by atoms with E-state index in [9.17, 15) is 4.79 Å². The fourth-order valence-electron chi connectivity index (χ4n) is 4.83. The van der Waals surface area contributed by atoms with Crippen molar-refractivity contribution in [2.75, 3.05) is 32.6 Å². The zero-order valence-corrected chi connectivity index (χ0v) is 19.4. The van der Waals surface area contributed by atoms with Gasteiger partial charge in [0.25, 0.3) is 5.91 Å². The maximum Gasteiger partial charge on any atom is 0.254 e. The van der Waals surface area contributed by atoms with E-state index in [0.717, 1.165) is 67.2 Å². The second-order valence-electron chi connectivity index (χ2n) is 9.65.